The number of nitrogens with zero attached hydrogens (tertiary/aromatic N) is 1. The van der Waals surface area contributed by atoms with Gasteiger partial charge in [0, 0.05) is 37.3 Å². The zero-order valence-corrected chi connectivity index (χ0v) is 27.7. The molecule has 1 saturated carbocycles. The topological polar surface area (TPSA) is 113 Å². The van der Waals surface area contributed by atoms with Crippen molar-refractivity contribution in [2.24, 2.45) is 0 Å². The highest BCUT2D eigenvalue weighted by Gasteiger charge is 2.29. The molecule has 46 heavy (non-hydrogen) atoms. The van der Waals surface area contributed by atoms with E-state index in [9.17, 15) is 14.4 Å². The van der Waals surface area contributed by atoms with Crippen molar-refractivity contribution in [3.05, 3.63) is 59.7 Å². The van der Waals surface area contributed by atoms with E-state index in [1.54, 1.807) is 29.2 Å². The number of benzene rings is 2. The van der Waals surface area contributed by atoms with Gasteiger partial charge in [-0.15, -0.1) is 0 Å². The Labute approximate surface area is 272 Å². The molecule has 2 aliphatic rings. The zero-order chi connectivity index (χ0) is 33.1. The molecule has 0 radical (unpaired) electrons. The highest BCUT2D eigenvalue weighted by atomic mass is 16.6. The van der Waals surface area contributed by atoms with Gasteiger partial charge >= 0.3 is 12.1 Å². The number of hydrogen-bond donors (Lipinski definition) is 1. The van der Waals surface area contributed by atoms with Gasteiger partial charge in [0.1, 0.15) is 5.60 Å². The monoisotopic (exact) mass is 636 g/mol. The number of esters is 1. The fraction of sp³-hybridized carbons (Fsp3) is 0.528. The van der Waals surface area contributed by atoms with Crippen molar-refractivity contribution >= 4 is 29.7 Å². The van der Waals surface area contributed by atoms with Crippen LogP contribution in [0.3, 0.4) is 0 Å². The highest BCUT2D eigenvalue weighted by molar-refractivity contribution is 6.02. The first kappa shape index (κ1) is 35.0. The molecule has 0 aromatic heterocycles. The molecule has 10 nitrogen and oxygen atoms in total. The molecule has 4 rings (SSSR count). The Kier molecular flexibility index (Phi) is 12.6. The third-order valence-electron chi connectivity index (χ3n) is 7.96. The van der Waals surface area contributed by atoms with Gasteiger partial charge in [-0.1, -0.05) is 24.3 Å². The molecule has 1 saturated heterocycles. The fourth-order valence-electron chi connectivity index (χ4n) is 5.66. The fourth-order valence-corrected chi connectivity index (χ4v) is 5.66. The van der Waals surface area contributed by atoms with Crippen molar-refractivity contribution in [1.82, 2.24) is 4.90 Å². The molecule has 2 amide bonds. The highest BCUT2D eigenvalue weighted by Crippen LogP contribution is 2.30. The second-order valence-electron chi connectivity index (χ2n) is 12.8. The first-order valence-electron chi connectivity index (χ1n) is 16.2. The van der Waals surface area contributed by atoms with Crippen LogP contribution < -0.4 is 14.8 Å². The number of likely N-dealkylation sites (tertiary alicyclic amines) is 1. The van der Waals surface area contributed by atoms with Crippen molar-refractivity contribution in [3.63, 3.8) is 0 Å². The van der Waals surface area contributed by atoms with Gasteiger partial charge in [-0.25, -0.2) is 4.79 Å². The number of amides is 2. The largest absolute Gasteiger partial charge is 0.493 e. The number of ether oxygens (including phenoxy) is 5. The standard InChI is InChI=1S/C36H48N2O8/c1-25(39)44-33-23-26(13-17-32(33)42-5)14-18-34(40)37-31-12-7-6-9-27(31)24-43-28-10-8-11-29(16-15-28)45-30-19-21-38(22-20-30)35(41)46-36(2,3)4/h6-7,9,12-14,17-18,23,28-30H,8,10-11,15-16,19-22,24H2,1-5H3,(H,37,40). The van der Waals surface area contributed by atoms with Crippen LogP contribution in [0.1, 0.15) is 83.8 Å². The van der Waals surface area contributed by atoms with Gasteiger partial charge in [-0.2, -0.15) is 0 Å². The van der Waals surface area contributed by atoms with Crippen molar-refractivity contribution < 1.29 is 38.1 Å². The number of carbonyl (C=O) groups is 3. The first-order chi connectivity index (χ1) is 22.0. The number of hydrogen-bond acceptors (Lipinski definition) is 8. The second kappa shape index (κ2) is 16.6. The Morgan fingerprint density at radius 3 is 2.33 bits per heavy atom. The SMILES string of the molecule is COc1ccc(C=CC(=O)Nc2ccccc2COC2CCCC(OC3CCN(C(=O)OC(C)(C)C)CC3)CC2)cc1OC(C)=O. The number of piperidine rings is 1. The van der Waals surface area contributed by atoms with Crippen LogP contribution in [0.4, 0.5) is 10.5 Å². The number of anilines is 1. The Hall–Kier alpha value is -3.89. The quantitative estimate of drug-likeness (QED) is 0.130. The molecule has 1 aliphatic carbocycles. The van der Waals surface area contributed by atoms with Gasteiger partial charge in [0.05, 0.1) is 32.0 Å². The number of carbonyl (C=O) groups excluding carboxylic acids is 3. The molecule has 10 heteroatoms. The van der Waals surface area contributed by atoms with E-state index in [0.717, 1.165) is 50.5 Å². The number of para-hydroxylation sites is 1. The third-order valence-corrected chi connectivity index (χ3v) is 7.96. The molecule has 2 fully saturated rings. The molecule has 2 aromatic carbocycles. The van der Waals surface area contributed by atoms with Gasteiger partial charge in [-0.3, -0.25) is 9.59 Å². The minimum Gasteiger partial charge on any atom is -0.493 e. The summed E-state index contributed by atoms with van der Waals surface area (Å²) in [5, 5.41) is 2.96. The molecule has 0 bridgehead atoms. The average Bonchev–Trinajstić information content (AvgIpc) is 3.24. The number of nitrogens with one attached hydrogen (secondary N) is 1. The van der Waals surface area contributed by atoms with Crippen LogP contribution in [0.15, 0.2) is 48.5 Å². The van der Waals surface area contributed by atoms with Crippen LogP contribution in [-0.4, -0.2) is 67.0 Å². The summed E-state index contributed by atoms with van der Waals surface area (Å²) < 4.78 is 28.8. The lowest BCUT2D eigenvalue weighted by Crippen LogP contribution is -2.44. The molecule has 1 aliphatic heterocycles. The second-order valence-corrected chi connectivity index (χ2v) is 12.8. The van der Waals surface area contributed by atoms with Crippen LogP contribution in [0.2, 0.25) is 0 Å². The summed E-state index contributed by atoms with van der Waals surface area (Å²) in [7, 11) is 1.50. The maximum atomic E-state index is 12.8. The Morgan fingerprint density at radius 1 is 0.913 bits per heavy atom. The van der Waals surface area contributed by atoms with Gasteiger partial charge in [0.15, 0.2) is 11.5 Å². The van der Waals surface area contributed by atoms with Gasteiger partial charge in [0.2, 0.25) is 5.91 Å². The first-order valence-corrected chi connectivity index (χ1v) is 16.2. The van der Waals surface area contributed by atoms with Crippen molar-refractivity contribution in [1.29, 1.82) is 0 Å². The summed E-state index contributed by atoms with van der Waals surface area (Å²) in [6.45, 7) is 8.68. The van der Waals surface area contributed by atoms with E-state index in [0.29, 0.717) is 36.7 Å². The van der Waals surface area contributed by atoms with E-state index in [2.05, 4.69) is 5.32 Å². The van der Waals surface area contributed by atoms with Crippen molar-refractivity contribution in [3.8, 4) is 11.5 Å². The van der Waals surface area contributed by atoms with Crippen LogP contribution in [-0.2, 0) is 30.4 Å². The van der Waals surface area contributed by atoms with E-state index < -0.39 is 11.6 Å². The molecule has 2 atom stereocenters. The summed E-state index contributed by atoms with van der Waals surface area (Å²) in [5.74, 6) is -0.0253. The summed E-state index contributed by atoms with van der Waals surface area (Å²) in [5.41, 5.74) is 1.79. The zero-order valence-electron chi connectivity index (χ0n) is 27.7. The van der Waals surface area contributed by atoms with E-state index >= 15 is 0 Å². The molecule has 2 unspecified atom stereocenters. The maximum Gasteiger partial charge on any atom is 0.410 e. The van der Waals surface area contributed by atoms with Gasteiger partial charge in [0.25, 0.3) is 0 Å². The molecule has 2 aromatic rings. The predicted octanol–water partition coefficient (Wildman–Crippen LogP) is 6.91. The number of rotatable bonds is 10. The lowest BCUT2D eigenvalue weighted by atomic mass is 10.1. The van der Waals surface area contributed by atoms with Crippen molar-refractivity contribution in [2.75, 3.05) is 25.5 Å². The normalized spacial score (nSPS) is 19.4. The van der Waals surface area contributed by atoms with Crippen LogP contribution in [0, 0.1) is 0 Å². The molecule has 250 valence electrons. The molecule has 0 spiro atoms. The van der Waals surface area contributed by atoms with Crippen molar-refractivity contribution in [2.45, 2.75) is 103 Å². The Morgan fingerprint density at radius 2 is 1.61 bits per heavy atom. The molecular formula is C36H48N2O8. The minimum atomic E-state index is -0.491. The summed E-state index contributed by atoms with van der Waals surface area (Å²) in [4.78, 5) is 38.4. The van der Waals surface area contributed by atoms with E-state index in [1.165, 1.54) is 20.1 Å². The Bertz CT molecular complexity index is 1360. The lowest BCUT2D eigenvalue weighted by molar-refractivity contribution is -0.132. The summed E-state index contributed by atoms with van der Waals surface area (Å²) in [6.07, 6.45) is 9.79. The average molecular weight is 637 g/mol. The number of methoxy groups -OCH3 is 1. The minimum absolute atomic E-state index is 0.118. The van der Waals surface area contributed by atoms with E-state index in [1.807, 2.05) is 45.0 Å². The van der Waals surface area contributed by atoms with E-state index in [-0.39, 0.29) is 36.1 Å². The molecular weight excluding hydrogens is 588 g/mol. The third kappa shape index (κ3) is 11.2. The van der Waals surface area contributed by atoms with Crippen LogP contribution >= 0.6 is 0 Å². The van der Waals surface area contributed by atoms with E-state index in [4.69, 9.17) is 23.7 Å². The molecule has 1 N–H and O–H groups in total. The van der Waals surface area contributed by atoms with Gasteiger partial charge < -0.3 is 33.9 Å². The summed E-state index contributed by atoms with van der Waals surface area (Å²) in [6, 6.07) is 12.7. The van der Waals surface area contributed by atoms with Crippen LogP contribution in [0.5, 0.6) is 11.5 Å². The predicted molar refractivity (Wildman–Crippen MR) is 176 cm³/mol. The molecule has 1 heterocycles. The summed E-state index contributed by atoms with van der Waals surface area (Å²) >= 11 is 0. The maximum absolute atomic E-state index is 12.8. The van der Waals surface area contributed by atoms with Gasteiger partial charge in [-0.05, 0) is 95.6 Å². The van der Waals surface area contributed by atoms with Crippen LogP contribution in [0.25, 0.3) is 6.08 Å². The Balaban J connectivity index is 1.23. The lowest BCUT2D eigenvalue weighted by Gasteiger charge is -2.34. The smallest absolute Gasteiger partial charge is 0.410 e.